The average molecular weight is 349 g/mol. The van der Waals surface area contributed by atoms with E-state index < -0.39 is 0 Å². The number of amides is 1. The molecule has 1 amide bonds. The van der Waals surface area contributed by atoms with Crippen LogP contribution in [0.4, 0.5) is 0 Å². The molecule has 0 aliphatic heterocycles. The van der Waals surface area contributed by atoms with Gasteiger partial charge >= 0.3 is 0 Å². The summed E-state index contributed by atoms with van der Waals surface area (Å²) in [4.78, 5) is 21.9. The van der Waals surface area contributed by atoms with Gasteiger partial charge in [-0.2, -0.15) is 0 Å². The van der Waals surface area contributed by atoms with Gasteiger partial charge in [-0.15, -0.1) is 0 Å². The molecule has 1 fully saturated rings. The van der Waals surface area contributed by atoms with Crippen molar-refractivity contribution in [2.75, 3.05) is 0 Å². The van der Waals surface area contributed by atoms with Gasteiger partial charge in [-0.05, 0) is 55.5 Å². The van der Waals surface area contributed by atoms with Gasteiger partial charge in [-0.3, -0.25) is 9.78 Å². The van der Waals surface area contributed by atoms with Crippen LogP contribution in [0.3, 0.4) is 0 Å². The summed E-state index contributed by atoms with van der Waals surface area (Å²) < 4.78 is 5.73. The maximum absolute atomic E-state index is 12.9. The zero-order chi connectivity index (χ0) is 18.3. The van der Waals surface area contributed by atoms with E-state index in [4.69, 9.17) is 4.42 Å². The fraction of sp³-hybridized carbons (Fsp3) is 0.381. The third-order valence-electron chi connectivity index (χ3n) is 4.88. The molecule has 1 N–H and O–H groups in total. The molecule has 1 aromatic carbocycles. The van der Waals surface area contributed by atoms with Crippen LogP contribution in [0.5, 0.6) is 0 Å². The molecule has 0 radical (unpaired) electrons. The maximum atomic E-state index is 12.9. The van der Waals surface area contributed by atoms with E-state index in [9.17, 15) is 4.79 Å². The summed E-state index contributed by atoms with van der Waals surface area (Å²) in [5.74, 6) is 1.28. The largest absolute Gasteiger partial charge is 0.440 e. The minimum Gasteiger partial charge on any atom is -0.440 e. The highest BCUT2D eigenvalue weighted by Crippen LogP contribution is 2.41. The van der Waals surface area contributed by atoms with E-state index in [-0.39, 0.29) is 17.9 Å². The lowest BCUT2D eigenvalue weighted by Crippen LogP contribution is -2.31. The molecule has 2 heterocycles. The van der Waals surface area contributed by atoms with Crippen LogP contribution in [0.2, 0.25) is 0 Å². The number of fused-ring (bicyclic) bond motifs is 1. The van der Waals surface area contributed by atoms with E-state index in [2.05, 4.69) is 15.3 Å². The molecule has 134 valence electrons. The van der Waals surface area contributed by atoms with Gasteiger partial charge in [0, 0.05) is 17.7 Å². The number of aryl methyl sites for hydroxylation is 1. The molecule has 0 spiro atoms. The second kappa shape index (κ2) is 6.56. The molecule has 1 atom stereocenters. The zero-order valence-corrected chi connectivity index (χ0v) is 15.3. The van der Waals surface area contributed by atoms with Crippen molar-refractivity contribution in [3.8, 4) is 0 Å². The molecule has 1 aliphatic carbocycles. The molecule has 5 nitrogen and oxygen atoms in total. The number of hydrogen-bond acceptors (Lipinski definition) is 4. The Morgan fingerprint density at radius 1 is 1.27 bits per heavy atom. The van der Waals surface area contributed by atoms with Gasteiger partial charge in [-0.1, -0.05) is 19.9 Å². The fourth-order valence-electron chi connectivity index (χ4n) is 3.22. The predicted octanol–water partition coefficient (Wildman–Crippen LogP) is 4.54. The fourth-order valence-corrected chi connectivity index (χ4v) is 3.22. The normalized spacial score (nSPS) is 15.4. The van der Waals surface area contributed by atoms with Gasteiger partial charge in [0.05, 0.1) is 11.7 Å². The van der Waals surface area contributed by atoms with Crippen molar-refractivity contribution in [3.63, 3.8) is 0 Å². The third kappa shape index (κ3) is 3.21. The van der Waals surface area contributed by atoms with Crippen molar-refractivity contribution in [2.45, 2.75) is 45.6 Å². The second-order valence-electron chi connectivity index (χ2n) is 7.38. The van der Waals surface area contributed by atoms with E-state index >= 15 is 0 Å². The first-order valence-corrected chi connectivity index (χ1v) is 9.16. The minimum absolute atomic E-state index is 0.0390. The highest BCUT2D eigenvalue weighted by molar-refractivity contribution is 5.97. The molecule has 1 aliphatic rings. The quantitative estimate of drug-likeness (QED) is 0.734. The summed E-state index contributed by atoms with van der Waals surface area (Å²) in [5.41, 5.74) is 4.11. The summed E-state index contributed by atoms with van der Waals surface area (Å²) in [6.45, 7) is 6.11. The van der Waals surface area contributed by atoms with Gasteiger partial charge in [0.25, 0.3) is 5.91 Å². The number of oxazole rings is 1. The summed E-state index contributed by atoms with van der Waals surface area (Å²) in [5, 5.41) is 3.19. The van der Waals surface area contributed by atoms with Gasteiger partial charge in [0.2, 0.25) is 0 Å². The second-order valence-corrected chi connectivity index (χ2v) is 7.38. The number of pyridine rings is 1. The number of carbonyl (C=O) groups excluding carboxylic acids is 1. The lowest BCUT2D eigenvalue weighted by molar-refractivity contribution is 0.0930. The molecular weight excluding hydrogens is 326 g/mol. The van der Waals surface area contributed by atoms with Gasteiger partial charge in [0.15, 0.2) is 11.5 Å². The van der Waals surface area contributed by atoms with E-state index in [1.807, 2.05) is 39.0 Å². The van der Waals surface area contributed by atoms with Crippen LogP contribution < -0.4 is 5.32 Å². The topological polar surface area (TPSA) is 68.0 Å². The molecule has 0 bridgehead atoms. The summed E-state index contributed by atoms with van der Waals surface area (Å²) in [6.07, 6.45) is 4.04. The number of benzene rings is 1. The third-order valence-corrected chi connectivity index (χ3v) is 4.88. The highest BCUT2D eigenvalue weighted by Gasteiger charge is 2.35. The van der Waals surface area contributed by atoms with Crippen molar-refractivity contribution in [3.05, 3.63) is 59.2 Å². The highest BCUT2D eigenvalue weighted by atomic mass is 16.3. The summed E-state index contributed by atoms with van der Waals surface area (Å²) in [6, 6.07) is 9.34. The number of rotatable bonds is 5. The molecule has 1 unspecified atom stereocenters. The Balaban J connectivity index is 1.60. The first-order chi connectivity index (χ1) is 12.5. The number of nitrogens with one attached hydrogen (secondary N) is 1. The van der Waals surface area contributed by atoms with Crippen molar-refractivity contribution >= 4 is 17.0 Å². The van der Waals surface area contributed by atoms with Crippen molar-refractivity contribution in [2.24, 2.45) is 5.92 Å². The van der Waals surface area contributed by atoms with Crippen LogP contribution in [-0.4, -0.2) is 15.9 Å². The lowest BCUT2D eigenvalue weighted by atomic mass is 10.0. The number of aromatic nitrogens is 2. The first kappa shape index (κ1) is 16.8. The summed E-state index contributed by atoms with van der Waals surface area (Å²) in [7, 11) is 0. The van der Waals surface area contributed by atoms with Crippen molar-refractivity contribution in [1.29, 1.82) is 0 Å². The molecule has 26 heavy (non-hydrogen) atoms. The lowest BCUT2D eigenvalue weighted by Gasteiger charge is -2.19. The Bertz CT molecular complexity index is 957. The van der Waals surface area contributed by atoms with Gasteiger partial charge in [0.1, 0.15) is 5.52 Å². The van der Waals surface area contributed by atoms with E-state index in [1.54, 1.807) is 18.3 Å². The SMILES string of the molecule is Cc1cccnc1C(NC(=O)c1ccc2oc(C(C)C)nc2c1)C1CC1. The number of carbonyl (C=O) groups is 1. The van der Waals surface area contributed by atoms with Gasteiger partial charge in [-0.25, -0.2) is 4.98 Å². The van der Waals surface area contributed by atoms with Crippen molar-refractivity contribution in [1.82, 2.24) is 15.3 Å². The molecule has 2 aromatic heterocycles. The predicted molar refractivity (Wildman–Crippen MR) is 100 cm³/mol. The average Bonchev–Trinajstić information content (AvgIpc) is 3.37. The Morgan fingerprint density at radius 2 is 2.08 bits per heavy atom. The van der Waals surface area contributed by atoms with Crippen molar-refractivity contribution < 1.29 is 9.21 Å². The first-order valence-electron chi connectivity index (χ1n) is 9.16. The summed E-state index contributed by atoms with van der Waals surface area (Å²) >= 11 is 0. The maximum Gasteiger partial charge on any atom is 0.251 e. The Labute approximate surface area is 152 Å². The van der Waals surface area contributed by atoms with E-state index in [0.29, 0.717) is 23.0 Å². The standard InChI is InChI=1S/C21H23N3O2/c1-12(2)21-23-16-11-15(8-9-17(16)26-21)20(25)24-19(14-6-7-14)18-13(3)5-4-10-22-18/h4-5,8-12,14,19H,6-7H2,1-3H3,(H,24,25). The molecule has 5 heteroatoms. The van der Waals surface area contributed by atoms with Crippen LogP contribution in [0.1, 0.15) is 66.2 Å². The Kier molecular flexibility index (Phi) is 4.23. The van der Waals surface area contributed by atoms with Crippen LogP contribution in [0.15, 0.2) is 40.9 Å². The van der Waals surface area contributed by atoms with Crippen LogP contribution >= 0.6 is 0 Å². The monoisotopic (exact) mass is 349 g/mol. The minimum atomic E-state index is -0.0945. The Hall–Kier alpha value is -2.69. The molecule has 1 saturated carbocycles. The van der Waals surface area contributed by atoms with Crippen LogP contribution in [0.25, 0.3) is 11.1 Å². The molecule has 0 saturated heterocycles. The number of hydrogen-bond donors (Lipinski definition) is 1. The van der Waals surface area contributed by atoms with Crippen LogP contribution in [0, 0.1) is 12.8 Å². The van der Waals surface area contributed by atoms with Gasteiger partial charge < -0.3 is 9.73 Å². The van der Waals surface area contributed by atoms with Crippen LogP contribution in [-0.2, 0) is 0 Å². The molecular formula is C21H23N3O2. The zero-order valence-electron chi connectivity index (χ0n) is 15.3. The molecule has 3 aromatic rings. The van der Waals surface area contributed by atoms with E-state index in [1.165, 1.54) is 0 Å². The molecule has 4 rings (SSSR count). The Morgan fingerprint density at radius 3 is 2.77 bits per heavy atom. The van der Waals surface area contributed by atoms with E-state index in [0.717, 1.165) is 29.6 Å². The smallest absolute Gasteiger partial charge is 0.251 e. The number of nitrogens with zero attached hydrogens (tertiary/aromatic N) is 2.